The molecule has 3 aromatic heterocycles. The Labute approximate surface area is 188 Å². The van der Waals surface area contributed by atoms with Crippen LogP contribution in [0, 0.1) is 6.92 Å². The number of benzene rings is 2. The van der Waals surface area contributed by atoms with Crippen molar-refractivity contribution in [2.24, 2.45) is 0 Å². The van der Waals surface area contributed by atoms with E-state index in [1.54, 1.807) is 12.3 Å². The molecule has 0 saturated heterocycles. The van der Waals surface area contributed by atoms with E-state index in [-0.39, 0.29) is 6.42 Å². The van der Waals surface area contributed by atoms with E-state index in [2.05, 4.69) is 15.0 Å². The van der Waals surface area contributed by atoms with E-state index >= 15 is 0 Å². The highest BCUT2D eigenvalue weighted by Gasteiger charge is 2.30. The van der Waals surface area contributed by atoms with Crippen molar-refractivity contribution in [1.29, 1.82) is 0 Å². The number of hydrogen-bond acceptors (Lipinski definition) is 3. The Bertz CT molecular complexity index is 1450. The number of hydrogen-bond donors (Lipinski definition) is 1. The second-order valence-corrected chi connectivity index (χ2v) is 7.86. The van der Waals surface area contributed by atoms with Crippen LogP contribution in [0.3, 0.4) is 0 Å². The van der Waals surface area contributed by atoms with Crippen LogP contribution in [0.2, 0.25) is 0 Å². The Morgan fingerprint density at radius 1 is 0.879 bits per heavy atom. The predicted octanol–water partition coefficient (Wildman–Crippen LogP) is 6.60. The highest BCUT2D eigenvalue weighted by Crippen LogP contribution is 2.33. The Morgan fingerprint density at radius 3 is 2.55 bits per heavy atom. The number of rotatable bonds is 4. The second kappa shape index (κ2) is 8.16. The van der Waals surface area contributed by atoms with Crippen LogP contribution in [-0.2, 0) is 12.6 Å². The number of halogens is 3. The van der Waals surface area contributed by atoms with Crippen molar-refractivity contribution in [3.05, 3.63) is 102 Å². The van der Waals surface area contributed by atoms with E-state index in [1.165, 1.54) is 6.07 Å². The van der Waals surface area contributed by atoms with Crippen LogP contribution in [0.5, 0.6) is 0 Å². The molecule has 0 aliphatic rings. The number of aromatic nitrogens is 4. The van der Waals surface area contributed by atoms with E-state index in [9.17, 15) is 13.2 Å². The first-order chi connectivity index (χ1) is 15.9. The van der Waals surface area contributed by atoms with Gasteiger partial charge in [-0.3, -0.25) is 9.97 Å². The molecular formula is C26H19F3N4. The van der Waals surface area contributed by atoms with Crippen LogP contribution in [0.1, 0.15) is 22.6 Å². The summed E-state index contributed by atoms with van der Waals surface area (Å²) >= 11 is 0. The van der Waals surface area contributed by atoms with Gasteiger partial charge in [0, 0.05) is 29.3 Å². The Kier molecular flexibility index (Phi) is 5.17. The van der Waals surface area contributed by atoms with Gasteiger partial charge in [0.25, 0.3) is 0 Å². The number of aryl methyl sites for hydroxylation is 1. The van der Waals surface area contributed by atoms with Gasteiger partial charge in [-0.1, -0.05) is 36.4 Å². The molecule has 5 aromatic rings. The molecule has 0 unspecified atom stereocenters. The minimum atomic E-state index is -4.39. The maximum atomic E-state index is 13.1. The van der Waals surface area contributed by atoms with Gasteiger partial charge in [-0.15, -0.1) is 0 Å². The molecule has 4 nitrogen and oxygen atoms in total. The summed E-state index contributed by atoms with van der Waals surface area (Å²) in [7, 11) is 0. The van der Waals surface area contributed by atoms with E-state index in [1.807, 2.05) is 55.5 Å². The van der Waals surface area contributed by atoms with Crippen LogP contribution in [0.4, 0.5) is 13.2 Å². The lowest BCUT2D eigenvalue weighted by molar-refractivity contribution is -0.137. The normalized spacial score (nSPS) is 11.8. The van der Waals surface area contributed by atoms with Crippen molar-refractivity contribution >= 4 is 10.9 Å². The average molecular weight is 444 g/mol. The van der Waals surface area contributed by atoms with Gasteiger partial charge in [-0.05, 0) is 48.9 Å². The molecule has 0 bridgehead atoms. The molecule has 2 aromatic carbocycles. The lowest BCUT2D eigenvalue weighted by Gasteiger charge is -2.07. The Morgan fingerprint density at radius 2 is 1.73 bits per heavy atom. The summed E-state index contributed by atoms with van der Waals surface area (Å²) in [4.78, 5) is 17.1. The first-order valence-electron chi connectivity index (χ1n) is 10.4. The highest BCUT2D eigenvalue weighted by atomic mass is 19.4. The van der Waals surface area contributed by atoms with Crippen LogP contribution >= 0.6 is 0 Å². The molecule has 0 saturated carbocycles. The van der Waals surface area contributed by atoms with Gasteiger partial charge in [-0.25, -0.2) is 4.98 Å². The maximum Gasteiger partial charge on any atom is 0.416 e. The smallest absolute Gasteiger partial charge is 0.340 e. The zero-order valence-electron chi connectivity index (χ0n) is 17.7. The average Bonchev–Trinajstić information content (AvgIpc) is 3.22. The molecule has 0 fully saturated rings. The third kappa shape index (κ3) is 4.35. The third-order valence-electron chi connectivity index (χ3n) is 5.40. The summed E-state index contributed by atoms with van der Waals surface area (Å²) in [6, 6.07) is 20.8. The van der Waals surface area contributed by atoms with Crippen LogP contribution < -0.4 is 0 Å². The molecule has 0 atom stereocenters. The van der Waals surface area contributed by atoms with Crippen LogP contribution in [-0.4, -0.2) is 19.9 Å². The third-order valence-corrected chi connectivity index (χ3v) is 5.40. The number of aromatic amines is 1. The van der Waals surface area contributed by atoms with Gasteiger partial charge in [0.2, 0.25) is 0 Å². The van der Waals surface area contributed by atoms with Gasteiger partial charge in [0.1, 0.15) is 5.82 Å². The molecule has 164 valence electrons. The van der Waals surface area contributed by atoms with Crippen molar-refractivity contribution < 1.29 is 13.2 Å². The van der Waals surface area contributed by atoms with Gasteiger partial charge in [0.05, 0.1) is 28.2 Å². The summed E-state index contributed by atoms with van der Waals surface area (Å²) < 4.78 is 39.4. The van der Waals surface area contributed by atoms with Gasteiger partial charge < -0.3 is 4.98 Å². The number of fused-ring (bicyclic) bond motifs is 1. The molecule has 5 rings (SSSR count). The van der Waals surface area contributed by atoms with Crippen molar-refractivity contribution in [3.63, 3.8) is 0 Å². The van der Waals surface area contributed by atoms with E-state index < -0.39 is 11.7 Å². The summed E-state index contributed by atoms with van der Waals surface area (Å²) in [6.45, 7) is 1.91. The molecule has 0 spiro atoms. The van der Waals surface area contributed by atoms with Crippen molar-refractivity contribution in [2.75, 3.05) is 0 Å². The molecule has 3 heterocycles. The molecule has 0 radical (unpaired) electrons. The molecule has 0 aliphatic heterocycles. The minimum Gasteiger partial charge on any atom is -0.340 e. The van der Waals surface area contributed by atoms with Crippen LogP contribution in [0.25, 0.3) is 33.5 Å². The fraction of sp³-hybridized carbons (Fsp3) is 0.115. The zero-order valence-corrected chi connectivity index (χ0v) is 17.7. The molecule has 33 heavy (non-hydrogen) atoms. The fourth-order valence-electron chi connectivity index (χ4n) is 3.86. The summed E-state index contributed by atoms with van der Waals surface area (Å²) in [5, 5.41) is 0.973. The Hall–Kier alpha value is -4.00. The highest BCUT2D eigenvalue weighted by molar-refractivity contribution is 5.86. The SMILES string of the molecule is Cc1cccc(-c2[nH]c(Cc3cccc(C(F)(F)F)c3)nc2-c2ccc3ncccc3c2)n1. The first-order valence-corrected chi connectivity index (χ1v) is 10.4. The molecule has 0 amide bonds. The van der Waals surface area contributed by atoms with Crippen molar-refractivity contribution in [1.82, 2.24) is 19.9 Å². The van der Waals surface area contributed by atoms with Crippen molar-refractivity contribution in [3.8, 4) is 22.6 Å². The van der Waals surface area contributed by atoms with Gasteiger partial charge >= 0.3 is 6.18 Å². The monoisotopic (exact) mass is 444 g/mol. The number of nitrogens with one attached hydrogen (secondary N) is 1. The van der Waals surface area contributed by atoms with E-state index in [0.717, 1.165) is 45.7 Å². The Balaban J connectivity index is 1.60. The summed E-state index contributed by atoms with van der Waals surface area (Å²) in [5.74, 6) is 0.564. The molecule has 1 N–H and O–H groups in total. The summed E-state index contributed by atoms with van der Waals surface area (Å²) in [6.07, 6.45) is -2.41. The molecule has 0 aliphatic carbocycles. The number of nitrogens with zero attached hydrogens (tertiary/aromatic N) is 3. The lowest BCUT2D eigenvalue weighted by Crippen LogP contribution is -2.05. The van der Waals surface area contributed by atoms with E-state index in [4.69, 9.17) is 4.98 Å². The number of imidazole rings is 1. The standard InChI is InChI=1S/C26H19F3N4/c1-16-5-2-9-22(31-16)25-24(19-10-11-21-18(15-19)7-4-12-30-21)32-23(33-25)14-17-6-3-8-20(13-17)26(27,28)29/h2-13,15H,14H2,1H3,(H,32,33). The topological polar surface area (TPSA) is 54.5 Å². The first kappa shape index (κ1) is 20.9. The minimum absolute atomic E-state index is 0.234. The van der Waals surface area contributed by atoms with Gasteiger partial charge in [-0.2, -0.15) is 13.2 Å². The predicted molar refractivity (Wildman–Crippen MR) is 122 cm³/mol. The number of H-pyrrole nitrogens is 1. The fourth-order valence-corrected chi connectivity index (χ4v) is 3.86. The molecular weight excluding hydrogens is 425 g/mol. The second-order valence-electron chi connectivity index (χ2n) is 7.86. The number of pyridine rings is 2. The quantitative estimate of drug-likeness (QED) is 0.340. The largest absolute Gasteiger partial charge is 0.416 e. The van der Waals surface area contributed by atoms with E-state index in [0.29, 0.717) is 17.1 Å². The van der Waals surface area contributed by atoms with Crippen LogP contribution in [0.15, 0.2) is 79.0 Å². The number of alkyl halides is 3. The van der Waals surface area contributed by atoms with Crippen molar-refractivity contribution in [2.45, 2.75) is 19.5 Å². The molecule has 7 heteroatoms. The van der Waals surface area contributed by atoms with Gasteiger partial charge in [0.15, 0.2) is 0 Å². The zero-order chi connectivity index (χ0) is 23.0. The summed E-state index contributed by atoms with van der Waals surface area (Å²) in [5.41, 5.74) is 4.60. The lowest BCUT2D eigenvalue weighted by atomic mass is 10.1. The maximum absolute atomic E-state index is 13.1.